The number of rotatable bonds is 5. The molecule has 0 aromatic heterocycles. The van der Waals surface area contributed by atoms with Gasteiger partial charge in [0.2, 0.25) is 0 Å². The molecule has 4 heteroatoms. The number of fused-ring (bicyclic) bond motifs is 1. The van der Waals surface area contributed by atoms with Crippen molar-refractivity contribution in [3.63, 3.8) is 0 Å². The average molecular weight is 311 g/mol. The molecular formula is C19H21NO3. The van der Waals surface area contributed by atoms with E-state index in [1.54, 1.807) is 19.2 Å². The second-order valence-corrected chi connectivity index (χ2v) is 5.60. The molecule has 23 heavy (non-hydrogen) atoms. The van der Waals surface area contributed by atoms with E-state index >= 15 is 0 Å². The summed E-state index contributed by atoms with van der Waals surface area (Å²) in [5.74, 6) is 1.78. The number of aromatic hydroxyl groups is 1. The molecule has 1 heterocycles. The van der Waals surface area contributed by atoms with Crippen molar-refractivity contribution in [3.8, 4) is 17.2 Å². The molecule has 0 saturated carbocycles. The van der Waals surface area contributed by atoms with Gasteiger partial charge in [-0.15, -0.1) is 6.58 Å². The first-order valence-electron chi connectivity index (χ1n) is 7.68. The highest BCUT2D eigenvalue weighted by Gasteiger charge is 2.26. The van der Waals surface area contributed by atoms with Gasteiger partial charge >= 0.3 is 0 Å². The lowest BCUT2D eigenvalue weighted by atomic mass is 10.0. The highest BCUT2D eigenvalue weighted by molar-refractivity contribution is 5.62. The van der Waals surface area contributed by atoms with E-state index in [2.05, 4.69) is 17.5 Å². The molecule has 1 aliphatic heterocycles. The molecule has 0 radical (unpaired) electrons. The Bertz CT molecular complexity index is 699. The zero-order chi connectivity index (χ0) is 16.2. The zero-order valence-corrected chi connectivity index (χ0v) is 13.2. The summed E-state index contributed by atoms with van der Waals surface area (Å²) in [5.41, 5.74) is 2.10. The van der Waals surface area contributed by atoms with Crippen LogP contribution in [0.5, 0.6) is 17.2 Å². The maximum Gasteiger partial charge on any atom is 0.146 e. The smallest absolute Gasteiger partial charge is 0.146 e. The summed E-state index contributed by atoms with van der Waals surface area (Å²) in [4.78, 5) is 2.21. The number of hydrogen-bond acceptors (Lipinski definition) is 4. The van der Waals surface area contributed by atoms with Gasteiger partial charge in [-0.25, -0.2) is 0 Å². The number of methoxy groups -OCH3 is 1. The molecule has 1 N–H and O–H groups in total. The number of benzene rings is 2. The Balaban J connectivity index is 1.86. The van der Waals surface area contributed by atoms with E-state index in [9.17, 15) is 5.11 Å². The van der Waals surface area contributed by atoms with Crippen LogP contribution >= 0.6 is 0 Å². The van der Waals surface area contributed by atoms with Crippen LogP contribution < -0.4 is 14.4 Å². The second-order valence-electron chi connectivity index (χ2n) is 5.60. The van der Waals surface area contributed by atoms with Crippen molar-refractivity contribution >= 4 is 5.69 Å². The van der Waals surface area contributed by atoms with E-state index in [1.807, 2.05) is 30.3 Å². The highest BCUT2D eigenvalue weighted by Crippen LogP contribution is 2.37. The molecule has 0 amide bonds. The maximum atomic E-state index is 9.72. The third-order valence-corrected chi connectivity index (χ3v) is 3.99. The van der Waals surface area contributed by atoms with E-state index in [1.165, 1.54) is 0 Å². The Morgan fingerprint density at radius 2 is 2.17 bits per heavy atom. The van der Waals surface area contributed by atoms with Crippen LogP contribution in [0.4, 0.5) is 5.69 Å². The lowest BCUT2D eigenvalue weighted by Crippen LogP contribution is -2.41. The number of hydrogen-bond donors (Lipinski definition) is 1. The Kier molecular flexibility index (Phi) is 4.42. The van der Waals surface area contributed by atoms with Crippen molar-refractivity contribution in [3.05, 3.63) is 60.7 Å². The Morgan fingerprint density at radius 3 is 2.96 bits per heavy atom. The van der Waals surface area contributed by atoms with Crippen molar-refractivity contribution in [1.29, 1.82) is 0 Å². The first-order valence-corrected chi connectivity index (χ1v) is 7.68. The fraction of sp³-hybridized carbons (Fsp3) is 0.263. The molecule has 0 fully saturated rings. The number of phenols is 1. The Morgan fingerprint density at radius 1 is 1.35 bits per heavy atom. The minimum absolute atomic E-state index is 0.0134. The molecule has 1 unspecified atom stereocenters. The SMILES string of the molecule is C=CCN1CC(Cc2ccccc2OC)Oc2cc(O)ccc21. The quantitative estimate of drug-likeness (QED) is 0.859. The van der Waals surface area contributed by atoms with Crippen LogP contribution in [0.3, 0.4) is 0 Å². The molecule has 2 aromatic carbocycles. The summed E-state index contributed by atoms with van der Waals surface area (Å²) in [6.07, 6.45) is 2.61. The van der Waals surface area contributed by atoms with Crippen LogP contribution in [0.25, 0.3) is 0 Å². The lowest BCUT2D eigenvalue weighted by Gasteiger charge is -2.36. The number of para-hydroxylation sites is 1. The van der Waals surface area contributed by atoms with Gasteiger partial charge in [0.25, 0.3) is 0 Å². The van der Waals surface area contributed by atoms with E-state index in [0.717, 1.165) is 36.5 Å². The molecule has 0 spiro atoms. The molecule has 0 bridgehead atoms. The fourth-order valence-corrected chi connectivity index (χ4v) is 2.97. The number of ether oxygens (including phenoxy) is 2. The monoisotopic (exact) mass is 311 g/mol. The van der Waals surface area contributed by atoms with E-state index in [4.69, 9.17) is 9.47 Å². The van der Waals surface area contributed by atoms with Gasteiger partial charge in [0.05, 0.1) is 19.3 Å². The summed E-state index contributed by atoms with van der Waals surface area (Å²) in [5, 5.41) is 9.72. The molecule has 1 aliphatic rings. The number of anilines is 1. The molecule has 2 aromatic rings. The van der Waals surface area contributed by atoms with Gasteiger partial charge < -0.3 is 19.5 Å². The second kappa shape index (κ2) is 6.65. The van der Waals surface area contributed by atoms with Crippen LogP contribution in [-0.4, -0.2) is 31.4 Å². The number of phenolic OH excluding ortho intramolecular Hbond substituents is 1. The van der Waals surface area contributed by atoms with Crippen molar-refractivity contribution in [2.45, 2.75) is 12.5 Å². The Labute approximate surface area is 136 Å². The highest BCUT2D eigenvalue weighted by atomic mass is 16.5. The molecular weight excluding hydrogens is 290 g/mol. The van der Waals surface area contributed by atoms with Crippen LogP contribution in [-0.2, 0) is 6.42 Å². The van der Waals surface area contributed by atoms with Gasteiger partial charge in [0, 0.05) is 19.0 Å². The van der Waals surface area contributed by atoms with Crippen molar-refractivity contribution in [1.82, 2.24) is 0 Å². The molecule has 3 rings (SSSR count). The van der Waals surface area contributed by atoms with Gasteiger partial charge in [0.1, 0.15) is 23.4 Å². The normalized spacial score (nSPS) is 16.4. The van der Waals surface area contributed by atoms with E-state index in [0.29, 0.717) is 5.75 Å². The largest absolute Gasteiger partial charge is 0.508 e. The Hall–Kier alpha value is -2.62. The summed E-state index contributed by atoms with van der Waals surface area (Å²) in [6, 6.07) is 13.2. The summed E-state index contributed by atoms with van der Waals surface area (Å²) >= 11 is 0. The number of nitrogens with zero attached hydrogens (tertiary/aromatic N) is 1. The summed E-state index contributed by atoms with van der Waals surface area (Å²) in [6.45, 7) is 5.34. The third kappa shape index (κ3) is 3.26. The van der Waals surface area contributed by atoms with E-state index in [-0.39, 0.29) is 11.9 Å². The predicted molar refractivity (Wildman–Crippen MR) is 91.6 cm³/mol. The molecule has 120 valence electrons. The van der Waals surface area contributed by atoms with Crippen molar-refractivity contribution in [2.24, 2.45) is 0 Å². The predicted octanol–water partition coefficient (Wildman–Crippen LogP) is 3.40. The average Bonchev–Trinajstić information content (AvgIpc) is 2.55. The van der Waals surface area contributed by atoms with Crippen LogP contribution in [0.1, 0.15) is 5.56 Å². The maximum absolute atomic E-state index is 9.72. The standard InChI is InChI=1S/C19H21NO3/c1-3-10-20-13-16(11-14-6-4-5-7-18(14)22-2)23-19-12-15(21)8-9-17(19)20/h3-9,12,16,21H,1,10-11,13H2,2H3. The van der Waals surface area contributed by atoms with Gasteiger partial charge in [0.15, 0.2) is 0 Å². The van der Waals surface area contributed by atoms with E-state index < -0.39 is 0 Å². The van der Waals surface area contributed by atoms with Crippen molar-refractivity contribution < 1.29 is 14.6 Å². The molecule has 0 aliphatic carbocycles. The van der Waals surface area contributed by atoms with Crippen molar-refractivity contribution in [2.75, 3.05) is 25.1 Å². The van der Waals surface area contributed by atoms with Crippen LogP contribution in [0, 0.1) is 0 Å². The first kappa shape index (κ1) is 15.3. The van der Waals surface area contributed by atoms with Gasteiger partial charge in [-0.2, -0.15) is 0 Å². The van der Waals surface area contributed by atoms with Gasteiger partial charge in [-0.1, -0.05) is 24.3 Å². The minimum atomic E-state index is -0.0134. The molecule has 4 nitrogen and oxygen atoms in total. The van der Waals surface area contributed by atoms with Gasteiger partial charge in [-0.3, -0.25) is 0 Å². The van der Waals surface area contributed by atoms with Gasteiger partial charge in [-0.05, 0) is 23.8 Å². The third-order valence-electron chi connectivity index (χ3n) is 3.99. The zero-order valence-electron chi connectivity index (χ0n) is 13.2. The summed E-state index contributed by atoms with van der Waals surface area (Å²) < 4.78 is 11.5. The summed E-state index contributed by atoms with van der Waals surface area (Å²) in [7, 11) is 1.68. The fourth-order valence-electron chi connectivity index (χ4n) is 2.97. The topological polar surface area (TPSA) is 41.9 Å². The van der Waals surface area contributed by atoms with Crippen LogP contribution in [0.15, 0.2) is 55.1 Å². The molecule has 1 atom stereocenters. The minimum Gasteiger partial charge on any atom is -0.508 e. The lowest BCUT2D eigenvalue weighted by molar-refractivity contribution is 0.193. The van der Waals surface area contributed by atoms with Crippen LogP contribution in [0.2, 0.25) is 0 Å². The first-order chi connectivity index (χ1) is 11.2. The molecule has 0 saturated heterocycles.